The van der Waals surface area contributed by atoms with Crippen molar-refractivity contribution in [2.24, 2.45) is 5.92 Å². The van der Waals surface area contributed by atoms with Gasteiger partial charge in [0.15, 0.2) is 0 Å². The second-order valence-corrected chi connectivity index (χ2v) is 6.19. The van der Waals surface area contributed by atoms with Crippen LogP contribution in [0.2, 0.25) is 0 Å². The molecule has 2 heteroatoms. The van der Waals surface area contributed by atoms with Gasteiger partial charge in [-0.05, 0) is 50.4 Å². The lowest BCUT2D eigenvalue weighted by Crippen LogP contribution is -2.33. The topological polar surface area (TPSA) is 15.3 Å². The molecular formula is C17H28N2. The summed E-state index contributed by atoms with van der Waals surface area (Å²) in [7, 11) is 0. The van der Waals surface area contributed by atoms with Gasteiger partial charge in [0.25, 0.3) is 0 Å². The Morgan fingerprint density at radius 3 is 2.68 bits per heavy atom. The Bertz CT molecular complexity index is 348. The number of nitrogens with zero attached hydrogens (tertiary/aromatic N) is 1. The summed E-state index contributed by atoms with van der Waals surface area (Å²) in [4.78, 5) is 2.60. The standard InChI is InChI=1S/C17H28N2/c1-15(2)13-18-17-9-6-11-19(12-10-17)14-16-7-4-3-5-8-16/h3-5,7-8,15,17-18H,6,9-14H2,1-2H3. The highest BCUT2D eigenvalue weighted by Gasteiger charge is 2.16. The van der Waals surface area contributed by atoms with E-state index in [1.54, 1.807) is 0 Å². The van der Waals surface area contributed by atoms with E-state index in [0.717, 1.165) is 25.0 Å². The molecule has 1 N–H and O–H groups in total. The van der Waals surface area contributed by atoms with E-state index in [2.05, 4.69) is 54.4 Å². The van der Waals surface area contributed by atoms with Crippen LogP contribution in [0.3, 0.4) is 0 Å². The molecule has 19 heavy (non-hydrogen) atoms. The minimum Gasteiger partial charge on any atom is -0.314 e. The third-order valence-corrected chi connectivity index (χ3v) is 3.88. The summed E-state index contributed by atoms with van der Waals surface area (Å²) in [6, 6.07) is 11.6. The van der Waals surface area contributed by atoms with Crippen LogP contribution < -0.4 is 5.32 Å². The van der Waals surface area contributed by atoms with Crippen molar-refractivity contribution in [3.05, 3.63) is 35.9 Å². The molecular weight excluding hydrogens is 232 g/mol. The molecule has 0 aromatic heterocycles. The molecule has 2 rings (SSSR count). The van der Waals surface area contributed by atoms with E-state index in [1.807, 2.05) is 0 Å². The van der Waals surface area contributed by atoms with Crippen molar-refractivity contribution in [2.75, 3.05) is 19.6 Å². The number of likely N-dealkylation sites (tertiary alicyclic amines) is 1. The molecule has 0 saturated carbocycles. The predicted octanol–water partition coefficient (Wildman–Crippen LogP) is 3.29. The molecule has 0 spiro atoms. The zero-order chi connectivity index (χ0) is 13.5. The monoisotopic (exact) mass is 260 g/mol. The second-order valence-electron chi connectivity index (χ2n) is 6.19. The average Bonchev–Trinajstić information content (AvgIpc) is 2.63. The van der Waals surface area contributed by atoms with Crippen LogP contribution in [0.1, 0.15) is 38.7 Å². The van der Waals surface area contributed by atoms with Crippen LogP contribution in [0.4, 0.5) is 0 Å². The van der Waals surface area contributed by atoms with Gasteiger partial charge in [0.05, 0.1) is 0 Å². The maximum atomic E-state index is 3.72. The molecule has 1 heterocycles. The summed E-state index contributed by atoms with van der Waals surface area (Å²) in [5.41, 5.74) is 1.44. The van der Waals surface area contributed by atoms with Crippen LogP contribution >= 0.6 is 0 Å². The van der Waals surface area contributed by atoms with E-state index in [9.17, 15) is 0 Å². The molecule has 1 aliphatic rings. The fourth-order valence-electron chi connectivity index (χ4n) is 2.76. The molecule has 1 saturated heterocycles. The van der Waals surface area contributed by atoms with E-state index in [-0.39, 0.29) is 0 Å². The Morgan fingerprint density at radius 1 is 1.16 bits per heavy atom. The lowest BCUT2D eigenvalue weighted by molar-refractivity contribution is 0.273. The molecule has 1 atom stereocenters. The molecule has 0 radical (unpaired) electrons. The van der Waals surface area contributed by atoms with Crippen molar-refractivity contribution in [3.8, 4) is 0 Å². The van der Waals surface area contributed by atoms with Gasteiger partial charge in [-0.3, -0.25) is 4.90 Å². The molecule has 1 aliphatic heterocycles. The van der Waals surface area contributed by atoms with Gasteiger partial charge in [0.1, 0.15) is 0 Å². The average molecular weight is 260 g/mol. The first-order valence-electron chi connectivity index (χ1n) is 7.73. The van der Waals surface area contributed by atoms with Crippen LogP contribution in [-0.4, -0.2) is 30.6 Å². The summed E-state index contributed by atoms with van der Waals surface area (Å²) in [5, 5.41) is 3.72. The fourth-order valence-corrected chi connectivity index (χ4v) is 2.76. The van der Waals surface area contributed by atoms with Gasteiger partial charge < -0.3 is 5.32 Å². The van der Waals surface area contributed by atoms with Gasteiger partial charge in [0.2, 0.25) is 0 Å². The minimum absolute atomic E-state index is 0.725. The maximum absolute atomic E-state index is 3.72. The first kappa shape index (κ1) is 14.5. The van der Waals surface area contributed by atoms with Crippen LogP contribution in [0.5, 0.6) is 0 Å². The van der Waals surface area contributed by atoms with Crippen LogP contribution in [-0.2, 0) is 6.54 Å². The van der Waals surface area contributed by atoms with Gasteiger partial charge in [-0.15, -0.1) is 0 Å². The Hall–Kier alpha value is -0.860. The number of rotatable bonds is 5. The summed E-state index contributed by atoms with van der Waals surface area (Å²) < 4.78 is 0. The number of benzene rings is 1. The lowest BCUT2D eigenvalue weighted by atomic mass is 10.1. The van der Waals surface area contributed by atoms with Gasteiger partial charge >= 0.3 is 0 Å². The van der Waals surface area contributed by atoms with Crippen LogP contribution in [0.25, 0.3) is 0 Å². The van der Waals surface area contributed by atoms with Crippen molar-refractivity contribution in [1.29, 1.82) is 0 Å². The van der Waals surface area contributed by atoms with Crippen molar-refractivity contribution in [1.82, 2.24) is 10.2 Å². The molecule has 0 aliphatic carbocycles. The Kier molecular flexibility index (Phi) is 5.87. The molecule has 1 fully saturated rings. The summed E-state index contributed by atoms with van der Waals surface area (Å²) >= 11 is 0. The van der Waals surface area contributed by atoms with E-state index in [0.29, 0.717) is 0 Å². The Labute approximate surface area is 118 Å². The first-order chi connectivity index (χ1) is 9.24. The Morgan fingerprint density at radius 2 is 1.95 bits per heavy atom. The van der Waals surface area contributed by atoms with E-state index < -0.39 is 0 Å². The first-order valence-corrected chi connectivity index (χ1v) is 7.73. The Balaban J connectivity index is 1.77. The highest BCUT2D eigenvalue weighted by atomic mass is 15.1. The third kappa shape index (κ3) is 5.33. The van der Waals surface area contributed by atoms with Crippen molar-refractivity contribution in [3.63, 3.8) is 0 Å². The number of hydrogen-bond acceptors (Lipinski definition) is 2. The van der Waals surface area contributed by atoms with Crippen molar-refractivity contribution in [2.45, 2.75) is 45.7 Å². The predicted molar refractivity (Wildman–Crippen MR) is 82.2 cm³/mol. The van der Waals surface area contributed by atoms with E-state index in [1.165, 1.54) is 37.9 Å². The lowest BCUT2D eigenvalue weighted by Gasteiger charge is -2.21. The minimum atomic E-state index is 0.725. The fraction of sp³-hybridized carbons (Fsp3) is 0.647. The largest absolute Gasteiger partial charge is 0.314 e. The van der Waals surface area contributed by atoms with E-state index >= 15 is 0 Å². The smallest absolute Gasteiger partial charge is 0.0233 e. The zero-order valence-corrected chi connectivity index (χ0v) is 12.4. The van der Waals surface area contributed by atoms with Gasteiger partial charge in [-0.1, -0.05) is 44.2 Å². The third-order valence-electron chi connectivity index (χ3n) is 3.88. The van der Waals surface area contributed by atoms with Gasteiger partial charge in [-0.25, -0.2) is 0 Å². The number of hydrogen-bond donors (Lipinski definition) is 1. The van der Waals surface area contributed by atoms with Crippen molar-refractivity contribution < 1.29 is 0 Å². The van der Waals surface area contributed by atoms with Crippen LogP contribution in [0, 0.1) is 5.92 Å². The summed E-state index contributed by atoms with van der Waals surface area (Å²) in [6.07, 6.45) is 3.94. The SMILES string of the molecule is CC(C)CNC1CCCN(Cc2ccccc2)CC1. The van der Waals surface area contributed by atoms with Gasteiger partial charge in [0, 0.05) is 12.6 Å². The highest BCUT2D eigenvalue weighted by molar-refractivity contribution is 5.14. The second kappa shape index (κ2) is 7.66. The number of nitrogens with one attached hydrogen (secondary N) is 1. The molecule has 1 unspecified atom stereocenters. The highest BCUT2D eigenvalue weighted by Crippen LogP contribution is 2.14. The summed E-state index contributed by atoms with van der Waals surface area (Å²) in [5.74, 6) is 0.753. The van der Waals surface area contributed by atoms with Crippen LogP contribution in [0.15, 0.2) is 30.3 Å². The molecule has 2 nitrogen and oxygen atoms in total. The zero-order valence-electron chi connectivity index (χ0n) is 12.4. The quantitative estimate of drug-likeness (QED) is 0.874. The summed E-state index contributed by atoms with van der Waals surface area (Å²) in [6.45, 7) is 9.30. The van der Waals surface area contributed by atoms with Gasteiger partial charge in [-0.2, -0.15) is 0 Å². The molecule has 1 aromatic carbocycles. The molecule has 0 amide bonds. The van der Waals surface area contributed by atoms with Crippen molar-refractivity contribution >= 4 is 0 Å². The molecule has 1 aromatic rings. The molecule has 0 bridgehead atoms. The normalized spacial score (nSPS) is 21.5. The maximum Gasteiger partial charge on any atom is 0.0233 e. The molecule has 106 valence electrons. The van der Waals surface area contributed by atoms with E-state index in [4.69, 9.17) is 0 Å².